The van der Waals surface area contributed by atoms with E-state index in [1.54, 1.807) is 19.5 Å². The molecule has 6 heteroatoms. The monoisotopic (exact) mass is 314 g/mol. The Kier molecular flexibility index (Phi) is 4.83. The van der Waals surface area contributed by atoms with Gasteiger partial charge in [-0.2, -0.15) is 0 Å². The molecular weight excluding hydrogens is 292 g/mol. The van der Waals surface area contributed by atoms with Gasteiger partial charge >= 0.3 is 0 Å². The summed E-state index contributed by atoms with van der Waals surface area (Å²) in [6.45, 7) is 6.23. The van der Waals surface area contributed by atoms with Crippen LogP contribution in [0.3, 0.4) is 0 Å². The Morgan fingerprint density at radius 2 is 2.04 bits per heavy atom. The van der Waals surface area contributed by atoms with Crippen molar-refractivity contribution in [1.82, 2.24) is 15.0 Å². The molecule has 3 rings (SSSR count). The Hall–Kier alpha value is -2.05. The van der Waals surface area contributed by atoms with E-state index in [2.05, 4.69) is 21.8 Å². The molecule has 2 atom stereocenters. The maximum Gasteiger partial charge on any atom is 0.161 e. The van der Waals surface area contributed by atoms with E-state index in [9.17, 15) is 0 Å². The predicted molar refractivity (Wildman–Crippen MR) is 88.4 cm³/mol. The SMILES string of the molecule is COCC1CN(c2cc(C)nc(-c3ccncc3)n2)CC(C)O1. The van der Waals surface area contributed by atoms with Gasteiger partial charge in [0.05, 0.1) is 18.8 Å². The van der Waals surface area contributed by atoms with E-state index >= 15 is 0 Å². The van der Waals surface area contributed by atoms with Crippen LogP contribution >= 0.6 is 0 Å². The van der Waals surface area contributed by atoms with Crippen molar-refractivity contribution in [2.24, 2.45) is 0 Å². The molecule has 1 fully saturated rings. The fourth-order valence-corrected chi connectivity index (χ4v) is 2.85. The maximum atomic E-state index is 5.91. The number of aryl methyl sites for hydroxylation is 1. The van der Waals surface area contributed by atoms with E-state index in [4.69, 9.17) is 14.5 Å². The van der Waals surface area contributed by atoms with Crippen molar-refractivity contribution in [2.45, 2.75) is 26.1 Å². The molecule has 1 saturated heterocycles. The van der Waals surface area contributed by atoms with Gasteiger partial charge in [0.1, 0.15) is 5.82 Å². The Bertz CT molecular complexity index is 650. The number of pyridine rings is 1. The summed E-state index contributed by atoms with van der Waals surface area (Å²) in [5.41, 5.74) is 1.92. The average Bonchev–Trinajstić information content (AvgIpc) is 2.55. The highest BCUT2D eigenvalue weighted by atomic mass is 16.5. The molecule has 1 aliphatic rings. The average molecular weight is 314 g/mol. The van der Waals surface area contributed by atoms with Crippen molar-refractivity contribution in [3.05, 3.63) is 36.3 Å². The number of aromatic nitrogens is 3. The van der Waals surface area contributed by atoms with Crippen molar-refractivity contribution in [3.8, 4) is 11.4 Å². The van der Waals surface area contributed by atoms with Crippen molar-refractivity contribution >= 4 is 5.82 Å². The normalized spacial score (nSPS) is 21.4. The van der Waals surface area contributed by atoms with Crippen LogP contribution in [0.2, 0.25) is 0 Å². The molecule has 0 aliphatic carbocycles. The number of morpholine rings is 1. The number of hydrogen-bond donors (Lipinski definition) is 0. The third kappa shape index (κ3) is 3.83. The van der Waals surface area contributed by atoms with E-state index in [0.717, 1.165) is 36.0 Å². The molecule has 2 aromatic heterocycles. The largest absolute Gasteiger partial charge is 0.382 e. The van der Waals surface area contributed by atoms with Gasteiger partial charge < -0.3 is 14.4 Å². The molecule has 0 aromatic carbocycles. The highest BCUT2D eigenvalue weighted by molar-refractivity contribution is 5.57. The first kappa shape index (κ1) is 15.8. The molecule has 0 amide bonds. The van der Waals surface area contributed by atoms with Gasteiger partial charge in [-0.25, -0.2) is 9.97 Å². The van der Waals surface area contributed by atoms with Gasteiger partial charge in [0.25, 0.3) is 0 Å². The number of ether oxygens (including phenoxy) is 2. The molecular formula is C17H22N4O2. The topological polar surface area (TPSA) is 60.4 Å². The van der Waals surface area contributed by atoms with Crippen LogP contribution in [0.25, 0.3) is 11.4 Å². The van der Waals surface area contributed by atoms with E-state index in [1.165, 1.54) is 0 Å². The Morgan fingerprint density at radius 3 is 2.78 bits per heavy atom. The zero-order chi connectivity index (χ0) is 16.2. The number of anilines is 1. The number of methoxy groups -OCH3 is 1. The number of rotatable bonds is 4. The molecule has 1 aliphatic heterocycles. The van der Waals surface area contributed by atoms with Gasteiger partial charge in [0, 0.05) is 49.9 Å². The first-order valence-electron chi connectivity index (χ1n) is 7.81. The summed E-state index contributed by atoms with van der Waals surface area (Å²) in [6.07, 6.45) is 3.71. The zero-order valence-electron chi connectivity index (χ0n) is 13.8. The van der Waals surface area contributed by atoms with Crippen LogP contribution < -0.4 is 4.90 Å². The molecule has 6 nitrogen and oxygen atoms in total. The lowest BCUT2D eigenvalue weighted by molar-refractivity contribution is -0.0512. The summed E-state index contributed by atoms with van der Waals surface area (Å²) in [5.74, 6) is 1.66. The van der Waals surface area contributed by atoms with Crippen molar-refractivity contribution < 1.29 is 9.47 Å². The fourth-order valence-electron chi connectivity index (χ4n) is 2.85. The predicted octanol–water partition coefficient (Wildman–Crippen LogP) is 2.09. The lowest BCUT2D eigenvalue weighted by Crippen LogP contribution is -2.48. The molecule has 122 valence electrons. The van der Waals surface area contributed by atoms with Gasteiger partial charge in [-0.05, 0) is 26.0 Å². The minimum atomic E-state index is 0.0587. The first-order valence-corrected chi connectivity index (χ1v) is 7.81. The highest BCUT2D eigenvalue weighted by Gasteiger charge is 2.26. The van der Waals surface area contributed by atoms with Crippen molar-refractivity contribution in [3.63, 3.8) is 0 Å². The smallest absolute Gasteiger partial charge is 0.161 e. The third-order valence-electron chi connectivity index (χ3n) is 3.78. The molecule has 2 unspecified atom stereocenters. The Morgan fingerprint density at radius 1 is 1.26 bits per heavy atom. The summed E-state index contributed by atoms with van der Waals surface area (Å²) >= 11 is 0. The van der Waals surface area contributed by atoms with Crippen LogP contribution in [0.4, 0.5) is 5.82 Å². The van der Waals surface area contributed by atoms with Gasteiger partial charge in [0.15, 0.2) is 5.82 Å². The highest BCUT2D eigenvalue weighted by Crippen LogP contribution is 2.23. The minimum absolute atomic E-state index is 0.0587. The van der Waals surface area contributed by atoms with Crippen molar-refractivity contribution in [1.29, 1.82) is 0 Å². The standard InChI is InChI=1S/C17H22N4O2/c1-12-8-16(20-17(19-12)14-4-6-18-7-5-14)21-9-13(2)23-15(10-21)11-22-3/h4-8,13,15H,9-11H2,1-3H3. The lowest BCUT2D eigenvalue weighted by Gasteiger charge is -2.37. The van der Waals surface area contributed by atoms with E-state index in [-0.39, 0.29) is 12.2 Å². The second-order valence-corrected chi connectivity index (χ2v) is 5.86. The molecule has 3 heterocycles. The van der Waals surface area contributed by atoms with Gasteiger partial charge in [-0.1, -0.05) is 0 Å². The first-order chi connectivity index (χ1) is 11.2. The quantitative estimate of drug-likeness (QED) is 0.861. The number of hydrogen-bond acceptors (Lipinski definition) is 6. The Labute approximate surface area is 136 Å². The van der Waals surface area contributed by atoms with E-state index < -0.39 is 0 Å². The maximum absolute atomic E-state index is 5.91. The Balaban J connectivity index is 1.89. The summed E-state index contributed by atoms with van der Waals surface area (Å²) in [6, 6.07) is 5.87. The zero-order valence-corrected chi connectivity index (χ0v) is 13.8. The van der Waals surface area contributed by atoms with Crippen LogP contribution in [0, 0.1) is 6.92 Å². The van der Waals surface area contributed by atoms with Crippen LogP contribution in [0.5, 0.6) is 0 Å². The summed E-state index contributed by atoms with van der Waals surface area (Å²) < 4.78 is 11.1. The van der Waals surface area contributed by atoms with Crippen LogP contribution in [-0.2, 0) is 9.47 Å². The van der Waals surface area contributed by atoms with E-state index in [0.29, 0.717) is 6.61 Å². The second kappa shape index (κ2) is 7.02. The molecule has 0 saturated carbocycles. The number of nitrogens with zero attached hydrogens (tertiary/aromatic N) is 4. The molecule has 0 N–H and O–H groups in total. The van der Waals surface area contributed by atoms with Crippen molar-refractivity contribution in [2.75, 3.05) is 31.7 Å². The van der Waals surface area contributed by atoms with Crippen LogP contribution in [0.1, 0.15) is 12.6 Å². The third-order valence-corrected chi connectivity index (χ3v) is 3.78. The molecule has 0 spiro atoms. The van der Waals surface area contributed by atoms with Gasteiger partial charge in [0.2, 0.25) is 0 Å². The van der Waals surface area contributed by atoms with Crippen LogP contribution in [-0.4, -0.2) is 54.0 Å². The fraction of sp³-hybridized carbons (Fsp3) is 0.471. The molecule has 0 bridgehead atoms. The summed E-state index contributed by atoms with van der Waals surface area (Å²) in [7, 11) is 1.70. The summed E-state index contributed by atoms with van der Waals surface area (Å²) in [4.78, 5) is 15.6. The minimum Gasteiger partial charge on any atom is -0.382 e. The molecule has 2 aromatic rings. The van der Waals surface area contributed by atoms with Gasteiger partial charge in [-0.3, -0.25) is 4.98 Å². The van der Waals surface area contributed by atoms with Crippen LogP contribution in [0.15, 0.2) is 30.6 Å². The second-order valence-electron chi connectivity index (χ2n) is 5.86. The van der Waals surface area contributed by atoms with Gasteiger partial charge in [-0.15, -0.1) is 0 Å². The molecule has 0 radical (unpaired) electrons. The van der Waals surface area contributed by atoms with E-state index in [1.807, 2.05) is 25.1 Å². The molecule has 23 heavy (non-hydrogen) atoms. The summed E-state index contributed by atoms with van der Waals surface area (Å²) in [5, 5.41) is 0. The lowest BCUT2D eigenvalue weighted by atomic mass is 10.2.